The van der Waals surface area contributed by atoms with Crippen LogP contribution in [0, 0.1) is 11.3 Å². The normalized spacial score (nSPS) is 19.1. The molecule has 0 radical (unpaired) electrons. The summed E-state index contributed by atoms with van der Waals surface area (Å²) in [5.41, 5.74) is 4.03. The zero-order chi connectivity index (χ0) is 20.4. The molecule has 2 heterocycles. The van der Waals surface area contributed by atoms with Crippen LogP contribution in [0.2, 0.25) is 0 Å². The van der Waals surface area contributed by atoms with Crippen LogP contribution in [0.1, 0.15) is 30.4 Å². The van der Waals surface area contributed by atoms with Crippen LogP contribution in [0.25, 0.3) is 0 Å². The van der Waals surface area contributed by atoms with E-state index < -0.39 is 0 Å². The van der Waals surface area contributed by atoms with Crippen LogP contribution in [0.15, 0.2) is 59.1 Å². The Morgan fingerprint density at radius 3 is 2.52 bits per heavy atom. The lowest BCUT2D eigenvalue weighted by Gasteiger charge is -2.42. The molecule has 1 atom stereocenters. The molecule has 0 unspecified atom stereocenters. The third kappa shape index (κ3) is 3.70. The van der Waals surface area contributed by atoms with Gasteiger partial charge in [-0.25, -0.2) is 0 Å². The van der Waals surface area contributed by atoms with Crippen molar-refractivity contribution in [3.63, 3.8) is 0 Å². The fraction of sp³-hybridized carbons (Fsp3) is 0.304. The van der Waals surface area contributed by atoms with Gasteiger partial charge >= 0.3 is 0 Å². The quantitative estimate of drug-likeness (QED) is 0.751. The summed E-state index contributed by atoms with van der Waals surface area (Å²) in [7, 11) is 1.64. The third-order valence-corrected chi connectivity index (χ3v) is 6.68. The van der Waals surface area contributed by atoms with E-state index in [-0.39, 0.29) is 11.8 Å². The summed E-state index contributed by atoms with van der Waals surface area (Å²) >= 11 is 1.56. The zero-order valence-electron chi connectivity index (χ0n) is 16.6. The molecule has 2 aromatic carbocycles. The van der Waals surface area contributed by atoms with Gasteiger partial charge in [0, 0.05) is 18.0 Å². The van der Waals surface area contributed by atoms with E-state index in [0.717, 1.165) is 28.5 Å². The molecule has 4 rings (SSSR count). The second kappa shape index (κ2) is 8.22. The predicted molar refractivity (Wildman–Crippen MR) is 115 cm³/mol. The number of fused-ring (bicyclic) bond motifs is 1. The molecule has 0 aromatic heterocycles. The number of rotatable bonds is 4. The molecule has 0 aliphatic carbocycles. The topological polar surface area (TPSA) is 56.6 Å². The summed E-state index contributed by atoms with van der Waals surface area (Å²) in [5, 5.41) is 10.7. The van der Waals surface area contributed by atoms with E-state index in [2.05, 4.69) is 42.2 Å². The van der Waals surface area contributed by atoms with Crippen LogP contribution in [0.3, 0.4) is 0 Å². The molecule has 6 heteroatoms. The Balaban J connectivity index is 1.61. The van der Waals surface area contributed by atoms with Crippen molar-refractivity contribution >= 4 is 23.4 Å². The molecule has 1 amide bonds. The summed E-state index contributed by atoms with van der Waals surface area (Å²) in [6, 6.07) is 18.5. The maximum atomic E-state index is 13.0. The number of carbonyl (C=O) groups is 1. The molecule has 0 saturated carbocycles. The molecule has 1 saturated heterocycles. The number of thioether (sulfide) groups is 1. The van der Waals surface area contributed by atoms with E-state index in [1.807, 2.05) is 24.3 Å². The highest BCUT2D eigenvalue weighted by Gasteiger charge is 2.38. The van der Waals surface area contributed by atoms with Gasteiger partial charge in [0.15, 0.2) is 0 Å². The van der Waals surface area contributed by atoms with Crippen LogP contribution < -0.4 is 9.64 Å². The number of methoxy groups -OCH3 is 1. The number of ether oxygens (including phenoxy) is 1. The maximum Gasteiger partial charge on any atom is 0.229 e. The molecule has 2 aromatic rings. The lowest BCUT2D eigenvalue weighted by molar-refractivity contribution is -0.129. The minimum Gasteiger partial charge on any atom is -0.497 e. The highest BCUT2D eigenvalue weighted by atomic mass is 32.2. The van der Waals surface area contributed by atoms with E-state index in [1.165, 1.54) is 5.56 Å². The molecule has 2 aliphatic rings. The van der Waals surface area contributed by atoms with Crippen molar-refractivity contribution < 1.29 is 9.53 Å². The minimum absolute atomic E-state index is 0.0641. The maximum absolute atomic E-state index is 13.0. The molecule has 0 N–H and O–H groups in total. The molecule has 2 aliphatic heterocycles. The van der Waals surface area contributed by atoms with Crippen LogP contribution in [-0.2, 0) is 11.2 Å². The largest absolute Gasteiger partial charge is 0.497 e. The molecule has 5 nitrogen and oxygen atoms in total. The van der Waals surface area contributed by atoms with Gasteiger partial charge in [0.05, 0.1) is 36.3 Å². The summed E-state index contributed by atoms with van der Waals surface area (Å²) in [6.07, 6.45) is 1.30. The van der Waals surface area contributed by atoms with Crippen LogP contribution in [0.5, 0.6) is 5.75 Å². The van der Waals surface area contributed by atoms with Crippen molar-refractivity contribution in [3.8, 4) is 11.8 Å². The van der Waals surface area contributed by atoms with Gasteiger partial charge in [0.25, 0.3) is 0 Å². The lowest BCUT2D eigenvalue weighted by Crippen LogP contribution is -2.47. The number of hydrogen-bond donors (Lipinski definition) is 0. The first-order chi connectivity index (χ1) is 14.1. The first-order valence-electron chi connectivity index (χ1n) is 9.69. The number of allylic oxidation sites excluding steroid dienone is 1. The minimum atomic E-state index is -0.162. The number of nitriles is 1. The number of hydrogen-bond acceptors (Lipinski definition) is 5. The second-order valence-corrected chi connectivity index (χ2v) is 8.09. The SMILES string of the molecule is CCc1ccc([C@H]2CC(=O)N3CN(c4ccc(OC)cc4)CSC3=C2C#N)cc1. The Hall–Kier alpha value is -2.91. The fourth-order valence-corrected chi connectivity index (χ4v) is 4.96. The monoisotopic (exact) mass is 405 g/mol. The molecule has 29 heavy (non-hydrogen) atoms. The number of anilines is 1. The van der Waals surface area contributed by atoms with E-state index in [4.69, 9.17) is 4.74 Å². The molecular formula is C23H23N3O2S. The van der Waals surface area contributed by atoms with E-state index in [1.54, 1.807) is 23.8 Å². The molecule has 148 valence electrons. The van der Waals surface area contributed by atoms with Gasteiger partial charge < -0.3 is 9.64 Å². The van der Waals surface area contributed by atoms with Crippen molar-refractivity contribution in [1.82, 2.24) is 4.90 Å². The van der Waals surface area contributed by atoms with Crippen LogP contribution in [0.4, 0.5) is 5.69 Å². The van der Waals surface area contributed by atoms with Gasteiger partial charge in [0.1, 0.15) is 5.75 Å². The van der Waals surface area contributed by atoms with Crippen LogP contribution in [-0.4, -0.2) is 30.5 Å². The Labute approximate surface area is 175 Å². The summed E-state index contributed by atoms with van der Waals surface area (Å²) < 4.78 is 5.22. The number of benzene rings is 2. The van der Waals surface area contributed by atoms with Gasteiger partial charge in [-0.05, 0) is 41.8 Å². The first-order valence-corrected chi connectivity index (χ1v) is 10.7. The fourth-order valence-electron chi connectivity index (χ4n) is 3.79. The zero-order valence-corrected chi connectivity index (χ0v) is 17.4. The third-order valence-electron chi connectivity index (χ3n) is 5.52. The number of amides is 1. The Bertz CT molecular complexity index is 977. The number of aryl methyl sites for hydroxylation is 1. The predicted octanol–water partition coefficient (Wildman–Crippen LogP) is 4.48. The average molecular weight is 406 g/mol. The molecular weight excluding hydrogens is 382 g/mol. The first kappa shape index (κ1) is 19.4. The van der Waals surface area contributed by atoms with E-state index in [0.29, 0.717) is 24.5 Å². The van der Waals surface area contributed by atoms with Crippen molar-refractivity contribution in [1.29, 1.82) is 5.26 Å². The molecule has 0 bridgehead atoms. The Morgan fingerprint density at radius 1 is 1.17 bits per heavy atom. The smallest absolute Gasteiger partial charge is 0.229 e. The number of carbonyl (C=O) groups excluding carboxylic acids is 1. The van der Waals surface area contributed by atoms with E-state index >= 15 is 0 Å². The van der Waals surface area contributed by atoms with E-state index in [9.17, 15) is 10.1 Å². The second-order valence-electron chi connectivity index (χ2n) is 7.16. The molecule has 1 fully saturated rings. The Kier molecular flexibility index (Phi) is 5.50. The van der Waals surface area contributed by atoms with Crippen molar-refractivity contribution in [2.24, 2.45) is 0 Å². The molecule has 0 spiro atoms. The van der Waals surface area contributed by atoms with Gasteiger partial charge in [-0.2, -0.15) is 5.26 Å². The summed E-state index contributed by atoms with van der Waals surface area (Å²) in [5.74, 6) is 1.40. The van der Waals surface area contributed by atoms with Gasteiger partial charge in [-0.1, -0.05) is 43.0 Å². The van der Waals surface area contributed by atoms with Crippen molar-refractivity contribution in [2.75, 3.05) is 24.6 Å². The van der Waals surface area contributed by atoms with Crippen LogP contribution >= 0.6 is 11.8 Å². The Morgan fingerprint density at radius 2 is 1.90 bits per heavy atom. The highest BCUT2D eigenvalue weighted by molar-refractivity contribution is 8.03. The standard InChI is InChI=1S/C23H23N3O2S/c1-3-16-4-6-17(7-5-16)20-12-22(27)26-14-25(15-29-23(26)21(20)13-24)18-8-10-19(28-2)11-9-18/h4-11,20H,3,12,14-15H2,1-2H3/t20-/m1/s1. The van der Waals surface area contributed by atoms with Crippen molar-refractivity contribution in [3.05, 3.63) is 70.3 Å². The number of nitrogens with zero attached hydrogens (tertiary/aromatic N) is 3. The summed E-state index contributed by atoms with van der Waals surface area (Å²) in [6.45, 7) is 2.58. The highest BCUT2D eigenvalue weighted by Crippen LogP contribution is 2.43. The van der Waals surface area contributed by atoms with Crippen molar-refractivity contribution in [2.45, 2.75) is 25.7 Å². The lowest BCUT2D eigenvalue weighted by atomic mass is 9.86. The van der Waals surface area contributed by atoms with Gasteiger partial charge in [-0.3, -0.25) is 9.69 Å². The van der Waals surface area contributed by atoms with Gasteiger partial charge in [0.2, 0.25) is 5.91 Å². The van der Waals surface area contributed by atoms with Gasteiger partial charge in [-0.15, -0.1) is 0 Å². The average Bonchev–Trinajstić information content (AvgIpc) is 2.79. The summed E-state index contributed by atoms with van der Waals surface area (Å²) in [4.78, 5) is 16.9.